The molecular formula is C47H87NO4. The van der Waals surface area contributed by atoms with E-state index in [9.17, 15) is 20.1 Å². The van der Waals surface area contributed by atoms with Crippen molar-refractivity contribution in [2.45, 2.75) is 238 Å². The van der Waals surface area contributed by atoms with Crippen molar-refractivity contribution in [1.29, 1.82) is 0 Å². The lowest BCUT2D eigenvalue weighted by Gasteiger charge is -2.21. The number of hydrogen-bond donors (Lipinski definition) is 4. The molecule has 0 aromatic rings. The highest BCUT2D eigenvalue weighted by molar-refractivity contribution is 5.80. The van der Waals surface area contributed by atoms with Crippen LogP contribution in [0.15, 0.2) is 48.6 Å². The van der Waals surface area contributed by atoms with Crippen molar-refractivity contribution in [3.05, 3.63) is 48.6 Å². The minimum atomic E-state index is -1.11. The number of hydrogen-bond acceptors (Lipinski definition) is 4. The Morgan fingerprint density at radius 2 is 0.846 bits per heavy atom. The van der Waals surface area contributed by atoms with Gasteiger partial charge in [-0.1, -0.05) is 210 Å². The highest BCUT2D eigenvalue weighted by Crippen LogP contribution is 2.15. The minimum absolute atomic E-state index is 0.379. The van der Waals surface area contributed by atoms with Gasteiger partial charge in [0, 0.05) is 0 Å². The second-order valence-corrected chi connectivity index (χ2v) is 15.3. The van der Waals surface area contributed by atoms with Gasteiger partial charge in [-0.25, -0.2) is 0 Å². The highest BCUT2D eigenvalue weighted by atomic mass is 16.3. The van der Waals surface area contributed by atoms with E-state index < -0.39 is 24.2 Å². The zero-order valence-corrected chi connectivity index (χ0v) is 34.4. The second-order valence-electron chi connectivity index (χ2n) is 15.3. The molecule has 3 unspecified atom stereocenters. The predicted molar refractivity (Wildman–Crippen MR) is 227 cm³/mol. The van der Waals surface area contributed by atoms with E-state index in [1.165, 1.54) is 161 Å². The number of aliphatic hydroxyl groups is 3. The summed E-state index contributed by atoms with van der Waals surface area (Å²) in [4.78, 5) is 12.5. The maximum Gasteiger partial charge on any atom is 0.249 e. The Hall–Kier alpha value is -1.69. The molecule has 304 valence electrons. The smallest absolute Gasteiger partial charge is 0.249 e. The molecule has 0 aliphatic rings. The van der Waals surface area contributed by atoms with Crippen molar-refractivity contribution >= 4 is 5.91 Å². The van der Waals surface area contributed by atoms with Gasteiger partial charge in [0.2, 0.25) is 5.91 Å². The molecule has 5 heteroatoms. The van der Waals surface area contributed by atoms with Gasteiger partial charge < -0.3 is 20.6 Å². The zero-order chi connectivity index (χ0) is 38.0. The summed E-state index contributed by atoms with van der Waals surface area (Å²) < 4.78 is 0. The largest absolute Gasteiger partial charge is 0.394 e. The first-order valence-electron chi connectivity index (χ1n) is 22.5. The summed E-state index contributed by atoms with van der Waals surface area (Å²) >= 11 is 0. The zero-order valence-electron chi connectivity index (χ0n) is 34.4. The van der Waals surface area contributed by atoms with Crippen LogP contribution in [0.5, 0.6) is 0 Å². The lowest BCUT2D eigenvalue weighted by molar-refractivity contribution is -0.131. The molecule has 0 radical (unpaired) electrons. The predicted octanol–water partition coefficient (Wildman–Crippen LogP) is 12.9. The molecule has 0 saturated heterocycles. The first kappa shape index (κ1) is 50.3. The van der Waals surface area contributed by atoms with Gasteiger partial charge in [0.05, 0.1) is 18.8 Å². The van der Waals surface area contributed by atoms with Gasteiger partial charge in [-0.3, -0.25) is 4.79 Å². The maximum atomic E-state index is 12.5. The molecule has 3 atom stereocenters. The van der Waals surface area contributed by atoms with Crippen molar-refractivity contribution in [1.82, 2.24) is 5.32 Å². The van der Waals surface area contributed by atoms with E-state index in [2.05, 4.69) is 55.6 Å². The summed E-state index contributed by atoms with van der Waals surface area (Å²) in [5.41, 5.74) is 0. The number of carbonyl (C=O) groups excluding carboxylic acids is 1. The average molecular weight is 730 g/mol. The fraction of sp³-hybridized carbons (Fsp3) is 0.809. The van der Waals surface area contributed by atoms with E-state index in [-0.39, 0.29) is 6.61 Å². The van der Waals surface area contributed by atoms with Crippen LogP contribution in [0.4, 0.5) is 0 Å². The minimum Gasteiger partial charge on any atom is -0.394 e. The third-order valence-corrected chi connectivity index (χ3v) is 10.2. The Morgan fingerprint density at radius 1 is 0.481 bits per heavy atom. The summed E-state index contributed by atoms with van der Waals surface area (Å²) in [6.45, 7) is 4.14. The molecule has 0 aliphatic carbocycles. The summed E-state index contributed by atoms with van der Waals surface area (Å²) in [5, 5.41) is 33.1. The molecule has 0 spiro atoms. The molecule has 52 heavy (non-hydrogen) atoms. The van der Waals surface area contributed by atoms with Gasteiger partial charge in [0.25, 0.3) is 0 Å². The molecule has 0 rings (SSSR count). The van der Waals surface area contributed by atoms with Crippen LogP contribution in [-0.4, -0.2) is 46.1 Å². The first-order valence-corrected chi connectivity index (χ1v) is 22.5. The molecule has 0 heterocycles. The summed E-state index contributed by atoms with van der Waals surface area (Å²) in [7, 11) is 0. The van der Waals surface area contributed by atoms with E-state index >= 15 is 0 Å². The van der Waals surface area contributed by atoms with E-state index in [1.807, 2.05) is 6.08 Å². The number of unbranched alkanes of at least 4 members (excludes halogenated alkanes) is 27. The Bertz CT molecular complexity index is 850. The maximum absolute atomic E-state index is 12.5. The molecule has 5 nitrogen and oxygen atoms in total. The number of aliphatic hydroxyl groups excluding tert-OH is 3. The van der Waals surface area contributed by atoms with Gasteiger partial charge in [-0.2, -0.15) is 0 Å². The van der Waals surface area contributed by atoms with Crippen molar-refractivity contribution in [3.8, 4) is 0 Å². The molecule has 4 N–H and O–H groups in total. The van der Waals surface area contributed by atoms with Gasteiger partial charge in [0.1, 0.15) is 6.10 Å². The lowest BCUT2D eigenvalue weighted by Crippen LogP contribution is -2.48. The molecule has 0 fully saturated rings. The van der Waals surface area contributed by atoms with Gasteiger partial charge in [-0.05, 0) is 57.8 Å². The monoisotopic (exact) mass is 730 g/mol. The lowest BCUT2D eigenvalue weighted by atomic mass is 10.0. The molecule has 0 aromatic heterocycles. The van der Waals surface area contributed by atoms with Gasteiger partial charge in [-0.15, -0.1) is 0 Å². The Morgan fingerprint density at radius 3 is 1.33 bits per heavy atom. The van der Waals surface area contributed by atoms with Crippen LogP contribution in [0, 0.1) is 0 Å². The van der Waals surface area contributed by atoms with Crippen LogP contribution in [0.3, 0.4) is 0 Å². The normalized spacial score (nSPS) is 14.0. The standard InChI is InChI=1S/C47H87NO4/c1-3-5-7-9-11-13-15-17-19-21-23-24-26-27-29-31-33-35-37-39-41-45(50)44(43-49)48-47(52)46(51)42-40-38-36-34-32-30-28-25-22-20-18-16-14-12-10-8-6-4-2/h12,14,16,18,31,33,39,41,44-46,49-51H,3-11,13,15,17,19-30,32,34-38,40,42-43H2,1-2H3,(H,48,52)/b14-12-,18-16-,33-31+,41-39+. The van der Waals surface area contributed by atoms with Crippen molar-refractivity contribution in [3.63, 3.8) is 0 Å². The SMILES string of the molecule is CCCCC/C=C\C=C/CCCCCCCCCCCC(O)C(=O)NC(CO)C(O)/C=C/CC/C=C/CCCCCCCCCCCCCCCC. The highest BCUT2D eigenvalue weighted by Gasteiger charge is 2.22. The number of nitrogens with one attached hydrogen (secondary N) is 1. The number of carbonyl (C=O) groups is 1. The summed E-state index contributed by atoms with van der Waals surface area (Å²) in [6.07, 6.45) is 54.3. The van der Waals surface area contributed by atoms with Crippen LogP contribution in [0.2, 0.25) is 0 Å². The molecule has 0 aliphatic heterocycles. The summed E-state index contributed by atoms with van der Waals surface area (Å²) in [6, 6.07) is -0.817. The van der Waals surface area contributed by atoms with Gasteiger partial charge >= 0.3 is 0 Å². The van der Waals surface area contributed by atoms with Gasteiger partial charge in [0.15, 0.2) is 0 Å². The molecule has 0 saturated carbocycles. The van der Waals surface area contributed by atoms with Crippen LogP contribution in [-0.2, 0) is 4.79 Å². The van der Waals surface area contributed by atoms with Crippen molar-refractivity contribution in [2.75, 3.05) is 6.61 Å². The van der Waals surface area contributed by atoms with E-state index in [4.69, 9.17) is 0 Å². The Kier molecular flexibility index (Phi) is 40.7. The third-order valence-electron chi connectivity index (χ3n) is 10.2. The van der Waals surface area contributed by atoms with E-state index in [0.717, 1.165) is 38.5 Å². The third kappa shape index (κ3) is 36.7. The quantitative estimate of drug-likeness (QED) is 0.0287. The number of allylic oxidation sites excluding steroid dienone is 7. The second kappa shape index (κ2) is 42.1. The first-order chi connectivity index (χ1) is 25.6. The fourth-order valence-electron chi connectivity index (χ4n) is 6.60. The topological polar surface area (TPSA) is 89.8 Å². The molecule has 0 aromatic carbocycles. The molecule has 0 bridgehead atoms. The fourth-order valence-corrected chi connectivity index (χ4v) is 6.60. The van der Waals surface area contributed by atoms with E-state index in [0.29, 0.717) is 6.42 Å². The molecular weight excluding hydrogens is 643 g/mol. The van der Waals surface area contributed by atoms with Crippen molar-refractivity contribution < 1.29 is 20.1 Å². The number of rotatable bonds is 40. The van der Waals surface area contributed by atoms with E-state index in [1.54, 1.807) is 6.08 Å². The van der Waals surface area contributed by atoms with Crippen LogP contribution < -0.4 is 5.32 Å². The Labute approximate surface area is 323 Å². The average Bonchev–Trinajstić information content (AvgIpc) is 3.15. The van der Waals surface area contributed by atoms with Crippen LogP contribution in [0.25, 0.3) is 0 Å². The van der Waals surface area contributed by atoms with Crippen LogP contribution in [0.1, 0.15) is 219 Å². The van der Waals surface area contributed by atoms with Crippen molar-refractivity contribution in [2.24, 2.45) is 0 Å². The number of amides is 1. The summed E-state index contributed by atoms with van der Waals surface area (Å²) in [5.74, 6) is -0.518. The van der Waals surface area contributed by atoms with Crippen LogP contribution >= 0.6 is 0 Å². The molecule has 1 amide bonds. The Balaban J connectivity index is 3.73.